The van der Waals surface area contributed by atoms with Crippen LogP contribution in [0.1, 0.15) is 11.5 Å². The molecular weight excluding hydrogens is 338 g/mol. The van der Waals surface area contributed by atoms with E-state index in [2.05, 4.69) is 15.6 Å². The molecule has 1 aromatic carbocycles. The summed E-state index contributed by atoms with van der Waals surface area (Å²) in [5.74, 6) is 0.154. The van der Waals surface area contributed by atoms with Crippen molar-refractivity contribution in [3.05, 3.63) is 65.6 Å². The standard InChI is InChI=1S/C18H17N3O3S/c22-16(20-11-17(23)19-10-15-7-4-8-24-15)9-14-12-25-18(21-14)13-5-2-1-3-6-13/h1-8,12H,9-11H2,(H,19,23)(H,20,22). The maximum atomic E-state index is 12.0. The molecule has 0 aliphatic carbocycles. The highest BCUT2D eigenvalue weighted by Gasteiger charge is 2.10. The third-order valence-corrected chi connectivity index (χ3v) is 4.34. The first-order valence-corrected chi connectivity index (χ1v) is 8.64. The van der Waals surface area contributed by atoms with Crippen LogP contribution in [0.5, 0.6) is 0 Å². The molecule has 2 N–H and O–H groups in total. The highest BCUT2D eigenvalue weighted by molar-refractivity contribution is 7.13. The summed E-state index contributed by atoms with van der Waals surface area (Å²) in [6.07, 6.45) is 1.69. The van der Waals surface area contributed by atoms with Crippen molar-refractivity contribution in [2.45, 2.75) is 13.0 Å². The average Bonchev–Trinajstić information content (AvgIpc) is 3.31. The van der Waals surface area contributed by atoms with Gasteiger partial charge in [0.05, 0.1) is 31.5 Å². The topological polar surface area (TPSA) is 84.2 Å². The number of hydrogen-bond donors (Lipinski definition) is 2. The lowest BCUT2D eigenvalue weighted by atomic mass is 10.2. The number of nitrogens with zero attached hydrogens (tertiary/aromatic N) is 1. The van der Waals surface area contributed by atoms with Gasteiger partial charge in [0.1, 0.15) is 10.8 Å². The van der Waals surface area contributed by atoms with Gasteiger partial charge in [0.15, 0.2) is 0 Å². The summed E-state index contributed by atoms with van der Waals surface area (Å²) >= 11 is 1.49. The molecule has 3 aromatic rings. The van der Waals surface area contributed by atoms with Crippen molar-refractivity contribution < 1.29 is 14.0 Å². The molecule has 3 rings (SSSR count). The number of thiazole rings is 1. The fourth-order valence-corrected chi connectivity index (χ4v) is 2.99. The van der Waals surface area contributed by atoms with E-state index in [-0.39, 0.29) is 24.8 Å². The Hall–Kier alpha value is -2.93. The van der Waals surface area contributed by atoms with Gasteiger partial charge in [0.2, 0.25) is 11.8 Å². The minimum absolute atomic E-state index is 0.0742. The largest absolute Gasteiger partial charge is 0.467 e. The number of hydrogen-bond acceptors (Lipinski definition) is 5. The SMILES string of the molecule is O=C(CNC(=O)Cc1csc(-c2ccccc2)n1)NCc1ccco1. The van der Waals surface area contributed by atoms with Crippen molar-refractivity contribution in [3.63, 3.8) is 0 Å². The molecule has 0 aliphatic heterocycles. The highest BCUT2D eigenvalue weighted by atomic mass is 32.1. The molecule has 0 aliphatic rings. The number of rotatable bonds is 7. The van der Waals surface area contributed by atoms with Gasteiger partial charge >= 0.3 is 0 Å². The molecule has 6 nitrogen and oxygen atoms in total. The molecule has 0 spiro atoms. The van der Waals surface area contributed by atoms with Crippen LogP contribution in [0.4, 0.5) is 0 Å². The second kappa shape index (κ2) is 8.25. The van der Waals surface area contributed by atoms with Crippen molar-refractivity contribution in [1.29, 1.82) is 0 Å². The van der Waals surface area contributed by atoms with Crippen molar-refractivity contribution in [2.75, 3.05) is 6.54 Å². The summed E-state index contributed by atoms with van der Waals surface area (Å²) < 4.78 is 5.12. The molecule has 2 heterocycles. The monoisotopic (exact) mass is 355 g/mol. The summed E-state index contributed by atoms with van der Waals surface area (Å²) in [5, 5.41) is 8.00. The van der Waals surface area contributed by atoms with Gasteiger partial charge in [0, 0.05) is 10.9 Å². The number of nitrogens with one attached hydrogen (secondary N) is 2. The van der Waals surface area contributed by atoms with Gasteiger partial charge in [-0.3, -0.25) is 9.59 Å². The fourth-order valence-electron chi connectivity index (χ4n) is 2.17. The van der Waals surface area contributed by atoms with Gasteiger partial charge in [-0.1, -0.05) is 30.3 Å². The smallest absolute Gasteiger partial charge is 0.239 e. The summed E-state index contributed by atoms with van der Waals surface area (Å²) in [6, 6.07) is 13.3. The predicted octanol–water partition coefficient (Wildman–Crippen LogP) is 2.38. The van der Waals surface area contributed by atoms with Gasteiger partial charge in [-0.2, -0.15) is 0 Å². The number of carbonyl (C=O) groups is 2. The molecule has 0 bridgehead atoms. The molecule has 7 heteroatoms. The maximum Gasteiger partial charge on any atom is 0.239 e. The molecule has 25 heavy (non-hydrogen) atoms. The molecule has 0 atom stereocenters. The number of amides is 2. The lowest BCUT2D eigenvalue weighted by Crippen LogP contribution is -2.37. The third-order valence-electron chi connectivity index (χ3n) is 3.40. The first-order valence-electron chi connectivity index (χ1n) is 7.76. The summed E-state index contributed by atoms with van der Waals surface area (Å²) in [5.41, 5.74) is 1.72. The number of furan rings is 1. The van der Waals surface area contributed by atoms with Crippen molar-refractivity contribution in [1.82, 2.24) is 15.6 Å². The van der Waals surface area contributed by atoms with Crippen LogP contribution in [-0.2, 0) is 22.6 Å². The van der Waals surface area contributed by atoms with Crippen LogP contribution in [-0.4, -0.2) is 23.3 Å². The molecule has 2 aromatic heterocycles. The Morgan fingerprint density at radius 2 is 1.88 bits per heavy atom. The van der Waals surface area contributed by atoms with Crippen LogP contribution < -0.4 is 10.6 Å². The molecular formula is C18H17N3O3S. The minimum atomic E-state index is -0.270. The van der Waals surface area contributed by atoms with Gasteiger partial charge in [-0.15, -0.1) is 11.3 Å². The van der Waals surface area contributed by atoms with E-state index in [4.69, 9.17) is 4.42 Å². The Morgan fingerprint density at radius 3 is 2.64 bits per heavy atom. The molecule has 0 saturated carbocycles. The summed E-state index contributed by atoms with van der Waals surface area (Å²) in [4.78, 5) is 28.1. The Balaban J connectivity index is 1.43. The molecule has 2 amide bonds. The van der Waals surface area contributed by atoms with Gasteiger partial charge in [-0.05, 0) is 12.1 Å². The van der Waals surface area contributed by atoms with E-state index < -0.39 is 0 Å². The van der Waals surface area contributed by atoms with E-state index >= 15 is 0 Å². The molecule has 128 valence electrons. The van der Waals surface area contributed by atoms with E-state index in [1.807, 2.05) is 35.7 Å². The van der Waals surface area contributed by atoms with Crippen molar-refractivity contribution in [2.24, 2.45) is 0 Å². The van der Waals surface area contributed by atoms with Crippen molar-refractivity contribution in [3.8, 4) is 10.6 Å². The van der Waals surface area contributed by atoms with Gasteiger partial charge in [-0.25, -0.2) is 4.98 Å². The van der Waals surface area contributed by atoms with E-state index in [1.165, 1.54) is 11.3 Å². The highest BCUT2D eigenvalue weighted by Crippen LogP contribution is 2.23. The maximum absolute atomic E-state index is 12.0. The molecule has 0 saturated heterocycles. The number of carbonyl (C=O) groups excluding carboxylic acids is 2. The number of benzene rings is 1. The van der Waals surface area contributed by atoms with Crippen LogP contribution in [0.2, 0.25) is 0 Å². The van der Waals surface area contributed by atoms with Crippen molar-refractivity contribution >= 4 is 23.2 Å². The van der Waals surface area contributed by atoms with Gasteiger partial charge < -0.3 is 15.1 Å². The first-order chi connectivity index (χ1) is 12.2. The van der Waals surface area contributed by atoms with E-state index in [0.717, 1.165) is 10.6 Å². The average molecular weight is 355 g/mol. The second-order valence-corrected chi connectivity index (χ2v) is 6.18. The zero-order chi connectivity index (χ0) is 17.5. The van der Waals surface area contributed by atoms with Crippen LogP contribution in [0.15, 0.2) is 58.5 Å². The minimum Gasteiger partial charge on any atom is -0.467 e. The van der Waals surface area contributed by atoms with Crippen LogP contribution >= 0.6 is 11.3 Å². The Labute approximate surface area is 148 Å². The second-order valence-electron chi connectivity index (χ2n) is 5.32. The lowest BCUT2D eigenvalue weighted by molar-refractivity contribution is -0.125. The van der Waals surface area contributed by atoms with Crippen LogP contribution in [0.3, 0.4) is 0 Å². The van der Waals surface area contributed by atoms with E-state index in [1.54, 1.807) is 18.4 Å². The lowest BCUT2D eigenvalue weighted by Gasteiger charge is -2.05. The zero-order valence-corrected chi connectivity index (χ0v) is 14.2. The number of aromatic nitrogens is 1. The summed E-state index contributed by atoms with van der Waals surface area (Å²) in [6.45, 7) is 0.226. The molecule has 0 unspecified atom stereocenters. The molecule has 0 fully saturated rings. The summed E-state index contributed by atoms with van der Waals surface area (Å²) in [7, 11) is 0. The normalized spacial score (nSPS) is 10.4. The first kappa shape index (κ1) is 16.9. The Bertz CT molecular complexity index is 828. The molecule has 0 radical (unpaired) electrons. The van der Waals surface area contributed by atoms with Crippen LogP contribution in [0.25, 0.3) is 10.6 Å². The van der Waals surface area contributed by atoms with Crippen LogP contribution in [0, 0.1) is 0 Å². The Kier molecular flexibility index (Phi) is 5.58. The Morgan fingerprint density at radius 1 is 1.04 bits per heavy atom. The quantitative estimate of drug-likeness (QED) is 0.681. The zero-order valence-electron chi connectivity index (χ0n) is 13.4. The predicted molar refractivity (Wildman–Crippen MR) is 94.8 cm³/mol. The fraction of sp³-hybridized carbons (Fsp3) is 0.167. The third kappa shape index (κ3) is 5.02. The van der Waals surface area contributed by atoms with Gasteiger partial charge in [0.25, 0.3) is 0 Å². The van der Waals surface area contributed by atoms with E-state index in [0.29, 0.717) is 18.0 Å². The van der Waals surface area contributed by atoms with E-state index in [9.17, 15) is 9.59 Å².